The van der Waals surface area contributed by atoms with Crippen molar-refractivity contribution in [2.45, 2.75) is 25.8 Å². The van der Waals surface area contributed by atoms with Gasteiger partial charge in [-0.3, -0.25) is 4.79 Å². The molecule has 1 amide bonds. The molecule has 1 fully saturated rings. The lowest BCUT2D eigenvalue weighted by molar-refractivity contribution is 0.0700. The largest absolute Gasteiger partial charge is 0.494 e. The minimum absolute atomic E-state index is 0.0793. The number of piperidine rings is 1. The molecular formula is C13H19BrN2O2S. The Kier molecular flexibility index (Phi) is 4.86. The Bertz CT molecular complexity index is 475. The Hall–Kier alpha value is -0.590. The number of halogens is 1. The van der Waals surface area contributed by atoms with E-state index < -0.39 is 0 Å². The first-order valence-electron chi connectivity index (χ1n) is 6.37. The summed E-state index contributed by atoms with van der Waals surface area (Å²) in [5, 5.41) is 3.25. The van der Waals surface area contributed by atoms with Gasteiger partial charge in [-0.2, -0.15) is 0 Å². The van der Waals surface area contributed by atoms with E-state index in [1.165, 1.54) is 11.3 Å². The van der Waals surface area contributed by atoms with Crippen LogP contribution in [0.1, 0.15) is 27.4 Å². The number of aryl methyl sites for hydroxylation is 1. The standard InChI is InChI=1S/C13H19BrN2O2S/c1-8-10(14)11(18-3)12(19-8)13(17)16-6-4-5-9(7-16)15-2/h9,15H,4-7H2,1-3H3. The molecule has 0 spiro atoms. The van der Waals surface area contributed by atoms with Crippen molar-refractivity contribution < 1.29 is 9.53 Å². The third-order valence-corrected chi connectivity index (χ3v) is 5.78. The Balaban J connectivity index is 2.22. The molecule has 2 rings (SSSR count). The maximum absolute atomic E-state index is 12.6. The van der Waals surface area contributed by atoms with Crippen molar-refractivity contribution in [3.05, 3.63) is 14.2 Å². The number of nitrogens with zero attached hydrogens (tertiary/aromatic N) is 1. The van der Waals surface area contributed by atoms with Crippen LogP contribution in [0.15, 0.2) is 4.47 Å². The molecule has 106 valence electrons. The van der Waals surface area contributed by atoms with Gasteiger partial charge in [0.1, 0.15) is 4.88 Å². The highest BCUT2D eigenvalue weighted by molar-refractivity contribution is 9.10. The number of methoxy groups -OCH3 is 1. The molecule has 1 aliphatic heterocycles. The van der Waals surface area contributed by atoms with Gasteiger partial charge in [0.05, 0.1) is 11.6 Å². The predicted molar refractivity (Wildman–Crippen MR) is 81.3 cm³/mol. The zero-order valence-electron chi connectivity index (χ0n) is 11.5. The minimum atomic E-state index is 0.0793. The molecule has 0 saturated carbocycles. The van der Waals surface area contributed by atoms with Crippen LogP contribution >= 0.6 is 27.3 Å². The molecule has 1 aromatic heterocycles. The SMILES string of the molecule is CNC1CCCN(C(=O)c2sc(C)c(Br)c2OC)C1. The van der Waals surface area contributed by atoms with Crippen LogP contribution in [0.5, 0.6) is 5.75 Å². The molecule has 1 unspecified atom stereocenters. The second kappa shape index (κ2) is 6.24. The average Bonchev–Trinajstić information content (AvgIpc) is 2.73. The minimum Gasteiger partial charge on any atom is -0.494 e. The highest BCUT2D eigenvalue weighted by atomic mass is 79.9. The van der Waals surface area contributed by atoms with Gasteiger partial charge in [0.15, 0.2) is 5.75 Å². The number of hydrogen-bond donors (Lipinski definition) is 1. The van der Waals surface area contributed by atoms with Crippen LogP contribution in [-0.4, -0.2) is 44.1 Å². The number of carbonyl (C=O) groups excluding carboxylic acids is 1. The second-order valence-electron chi connectivity index (χ2n) is 4.71. The molecule has 0 aliphatic carbocycles. The van der Waals surface area contributed by atoms with E-state index in [2.05, 4.69) is 21.2 Å². The fourth-order valence-corrected chi connectivity index (χ4v) is 4.08. The number of thiophene rings is 1. The number of hydrogen-bond acceptors (Lipinski definition) is 4. The van der Waals surface area contributed by atoms with Gasteiger partial charge in [-0.15, -0.1) is 11.3 Å². The van der Waals surface area contributed by atoms with Crippen molar-refractivity contribution in [3.8, 4) is 5.75 Å². The van der Waals surface area contributed by atoms with E-state index in [0.717, 1.165) is 35.3 Å². The monoisotopic (exact) mass is 346 g/mol. The van der Waals surface area contributed by atoms with Crippen LogP contribution in [0.3, 0.4) is 0 Å². The molecule has 1 aromatic rings. The van der Waals surface area contributed by atoms with Crippen molar-refractivity contribution in [1.29, 1.82) is 0 Å². The zero-order chi connectivity index (χ0) is 14.0. The number of amides is 1. The molecule has 2 heterocycles. The van der Waals surface area contributed by atoms with Crippen molar-refractivity contribution in [2.24, 2.45) is 0 Å². The molecular weight excluding hydrogens is 328 g/mol. The van der Waals surface area contributed by atoms with E-state index in [9.17, 15) is 4.79 Å². The maximum Gasteiger partial charge on any atom is 0.267 e. The number of likely N-dealkylation sites (tertiary alicyclic amines) is 1. The summed E-state index contributed by atoms with van der Waals surface area (Å²) in [4.78, 5) is 16.3. The Morgan fingerprint density at radius 1 is 1.58 bits per heavy atom. The lowest BCUT2D eigenvalue weighted by Crippen LogP contribution is -2.46. The third kappa shape index (κ3) is 2.95. The molecule has 0 bridgehead atoms. The van der Waals surface area contributed by atoms with Crippen LogP contribution < -0.4 is 10.1 Å². The van der Waals surface area contributed by atoms with Gasteiger partial charge in [0, 0.05) is 24.0 Å². The van der Waals surface area contributed by atoms with Gasteiger partial charge in [0.2, 0.25) is 0 Å². The first-order valence-corrected chi connectivity index (χ1v) is 7.98. The van der Waals surface area contributed by atoms with Crippen molar-refractivity contribution in [3.63, 3.8) is 0 Å². The molecule has 1 saturated heterocycles. The molecule has 1 N–H and O–H groups in total. The van der Waals surface area contributed by atoms with E-state index in [-0.39, 0.29) is 5.91 Å². The summed E-state index contributed by atoms with van der Waals surface area (Å²) in [6, 6.07) is 0.396. The quantitative estimate of drug-likeness (QED) is 0.914. The van der Waals surface area contributed by atoms with Crippen LogP contribution in [0.4, 0.5) is 0 Å². The summed E-state index contributed by atoms with van der Waals surface area (Å²) in [6.07, 6.45) is 2.18. The lowest BCUT2D eigenvalue weighted by atomic mass is 10.1. The fourth-order valence-electron chi connectivity index (χ4n) is 2.37. The molecule has 6 heteroatoms. The highest BCUT2D eigenvalue weighted by Crippen LogP contribution is 2.39. The number of nitrogens with one attached hydrogen (secondary N) is 1. The first-order chi connectivity index (χ1) is 9.08. The molecule has 0 radical (unpaired) electrons. The third-order valence-electron chi connectivity index (χ3n) is 3.49. The smallest absolute Gasteiger partial charge is 0.267 e. The zero-order valence-corrected chi connectivity index (χ0v) is 13.9. The Morgan fingerprint density at radius 3 is 2.95 bits per heavy atom. The molecule has 1 aliphatic rings. The molecule has 4 nitrogen and oxygen atoms in total. The van der Waals surface area contributed by atoms with E-state index >= 15 is 0 Å². The van der Waals surface area contributed by atoms with Crippen LogP contribution in [0.2, 0.25) is 0 Å². The maximum atomic E-state index is 12.6. The normalized spacial score (nSPS) is 19.6. The summed E-state index contributed by atoms with van der Waals surface area (Å²) in [7, 11) is 3.56. The van der Waals surface area contributed by atoms with Crippen LogP contribution in [0.25, 0.3) is 0 Å². The van der Waals surface area contributed by atoms with E-state index in [1.54, 1.807) is 7.11 Å². The molecule has 0 aromatic carbocycles. The Morgan fingerprint density at radius 2 is 2.32 bits per heavy atom. The van der Waals surface area contributed by atoms with Gasteiger partial charge in [-0.1, -0.05) is 0 Å². The van der Waals surface area contributed by atoms with E-state index in [0.29, 0.717) is 16.7 Å². The van der Waals surface area contributed by atoms with Gasteiger partial charge >= 0.3 is 0 Å². The number of carbonyl (C=O) groups is 1. The highest BCUT2D eigenvalue weighted by Gasteiger charge is 2.28. The summed E-state index contributed by atoms with van der Waals surface area (Å²) >= 11 is 4.97. The molecule has 19 heavy (non-hydrogen) atoms. The molecule has 1 atom stereocenters. The van der Waals surface area contributed by atoms with Gasteiger partial charge < -0.3 is 15.0 Å². The summed E-state index contributed by atoms with van der Waals surface area (Å²) in [5.41, 5.74) is 0. The van der Waals surface area contributed by atoms with Crippen LogP contribution in [-0.2, 0) is 0 Å². The number of ether oxygens (including phenoxy) is 1. The first kappa shape index (κ1) is 14.8. The Labute approximate surface area is 126 Å². The van der Waals surface area contributed by atoms with Crippen molar-refractivity contribution in [1.82, 2.24) is 10.2 Å². The van der Waals surface area contributed by atoms with Crippen LogP contribution in [0, 0.1) is 6.92 Å². The average molecular weight is 347 g/mol. The van der Waals surface area contributed by atoms with Gasteiger partial charge in [0.25, 0.3) is 5.91 Å². The van der Waals surface area contributed by atoms with Gasteiger partial charge in [-0.25, -0.2) is 0 Å². The number of rotatable bonds is 3. The summed E-state index contributed by atoms with van der Waals surface area (Å²) < 4.78 is 6.26. The van der Waals surface area contributed by atoms with Gasteiger partial charge in [-0.05, 0) is 42.7 Å². The number of likely N-dealkylation sites (N-methyl/N-ethyl adjacent to an activating group) is 1. The predicted octanol–water partition coefficient (Wildman–Crippen LogP) is 2.65. The van der Waals surface area contributed by atoms with E-state index in [1.807, 2.05) is 18.9 Å². The second-order valence-corrected chi connectivity index (χ2v) is 6.73. The lowest BCUT2D eigenvalue weighted by Gasteiger charge is -2.32. The van der Waals surface area contributed by atoms with E-state index in [4.69, 9.17) is 4.74 Å². The fraction of sp³-hybridized carbons (Fsp3) is 0.615. The summed E-state index contributed by atoms with van der Waals surface area (Å²) in [6.45, 7) is 3.59. The summed E-state index contributed by atoms with van der Waals surface area (Å²) in [5.74, 6) is 0.745. The topological polar surface area (TPSA) is 41.6 Å². The van der Waals surface area contributed by atoms with Crippen molar-refractivity contribution >= 4 is 33.2 Å². The van der Waals surface area contributed by atoms with Crippen molar-refractivity contribution in [2.75, 3.05) is 27.2 Å².